The second kappa shape index (κ2) is 6.91. The number of nitrogens with zero attached hydrogens (tertiary/aromatic N) is 1. The fourth-order valence-corrected chi connectivity index (χ4v) is 4.78. The van der Waals surface area contributed by atoms with E-state index in [1.54, 1.807) is 11.3 Å². The third-order valence-corrected chi connectivity index (χ3v) is 5.69. The van der Waals surface area contributed by atoms with Crippen molar-refractivity contribution in [2.75, 3.05) is 0 Å². The van der Waals surface area contributed by atoms with Crippen LogP contribution >= 0.6 is 22.9 Å². The number of hydrogen-bond acceptors (Lipinski definition) is 2. The van der Waals surface area contributed by atoms with Gasteiger partial charge < -0.3 is 0 Å². The van der Waals surface area contributed by atoms with Gasteiger partial charge in [-0.05, 0) is 24.5 Å². The Kier molecular flexibility index (Phi) is 4.95. The number of hydrogen-bond donors (Lipinski definition) is 0. The molecular formula is C17H22ClNS. The highest BCUT2D eigenvalue weighted by Crippen LogP contribution is 2.30. The third kappa shape index (κ3) is 3.73. The molecule has 0 aliphatic heterocycles. The lowest BCUT2D eigenvalue weighted by atomic mass is 9.94. The summed E-state index contributed by atoms with van der Waals surface area (Å²) in [6.45, 7) is 0. The molecule has 3 heteroatoms. The fraction of sp³-hybridized carbons (Fsp3) is 0.588. The first-order valence-electron chi connectivity index (χ1n) is 7.80. The van der Waals surface area contributed by atoms with Gasteiger partial charge in [0.05, 0.1) is 15.2 Å². The highest BCUT2D eigenvalue weighted by molar-refractivity contribution is 7.18. The van der Waals surface area contributed by atoms with Gasteiger partial charge in [-0.15, -0.1) is 22.9 Å². The Labute approximate surface area is 130 Å². The van der Waals surface area contributed by atoms with Crippen molar-refractivity contribution >= 4 is 33.2 Å². The third-order valence-electron chi connectivity index (χ3n) is 4.30. The molecule has 108 valence electrons. The van der Waals surface area contributed by atoms with E-state index >= 15 is 0 Å². The zero-order valence-electron chi connectivity index (χ0n) is 11.9. The second-order valence-electron chi connectivity index (χ2n) is 5.97. The van der Waals surface area contributed by atoms with Crippen molar-refractivity contribution < 1.29 is 0 Å². The molecule has 0 amide bonds. The van der Waals surface area contributed by atoms with E-state index in [1.807, 2.05) is 0 Å². The molecule has 20 heavy (non-hydrogen) atoms. The van der Waals surface area contributed by atoms with Gasteiger partial charge in [0.2, 0.25) is 0 Å². The topological polar surface area (TPSA) is 12.9 Å². The fourth-order valence-electron chi connectivity index (χ4n) is 3.24. The number of alkyl halides is 1. The molecule has 1 aliphatic carbocycles. The Morgan fingerprint density at radius 1 is 1.15 bits per heavy atom. The molecule has 1 saturated carbocycles. The summed E-state index contributed by atoms with van der Waals surface area (Å²) in [6, 6.07) is 8.36. The number of benzene rings is 1. The predicted octanol–water partition coefficient (Wildman–Crippen LogP) is 5.81. The van der Waals surface area contributed by atoms with E-state index in [2.05, 4.69) is 24.3 Å². The normalized spacial score (nSPS) is 19.1. The van der Waals surface area contributed by atoms with Crippen LogP contribution in [0.3, 0.4) is 0 Å². The highest BCUT2D eigenvalue weighted by Gasteiger charge is 2.18. The molecule has 0 radical (unpaired) electrons. The Hall–Kier alpha value is -0.600. The van der Waals surface area contributed by atoms with E-state index < -0.39 is 0 Å². The molecular weight excluding hydrogens is 286 g/mol. The summed E-state index contributed by atoms with van der Waals surface area (Å²) in [4.78, 5) is 4.70. The largest absolute Gasteiger partial charge is 0.241 e. The highest BCUT2D eigenvalue weighted by atomic mass is 35.5. The lowest BCUT2D eigenvalue weighted by molar-refractivity contribution is 0.419. The molecule has 1 heterocycles. The molecule has 1 aromatic carbocycles. The Morgan fingerprint density at radius 3 is 2.65 bits per heavy atom. The molecule has 1 fully saturated rings. The molecule has 2 aromatic rings. The summed E-state index contributed by atoms with van der Waals surface area (Å²) in [7, 11) is 0. The van der Waals surface area contributed by atoms with Gasteiger partial charge in [-0.1, -0.05) is 50.7 Å². The predicted molar refractivity (Wildman–Crippen MR) is 88.8 cm³/mol. The number of halogens is 1. The SMILES string of the molecule is ClC(Cc1nc2ccccc2s1)CC1CCCCCC1. The van der Waals surface area contributed by atoms with Crippen LogP contribution in [0.2, 0.25) is 0 Å². The van der Waals surface area contributed by atoms with Crippen molar-refractivity contribution in [3.05, 3.63) is 29.3 Å². The summed E-state index contributed by atoms with van der Waals surface area (Å²) in [6.07, 6.45) is 10.5. The van der Waals surface area contributed by atoms with E-state index in [0.717, 1.165) is 24.3 Å². The van der Waals surface area contributed by atoms with Crippen molar-refractivity contribution in [3.63, 3.8) is 0 Å². The van der Waals surface area contributed by atoms with Crippen molar-refractivity contribution in [1.82, 2.24) is 4.98 Å². The van der Waals surface area contributed by atoms with Crippen LogP contribution in [0.1, 0.15) is 50.0 Å². The van der Waals surface area contributed by atoms with E-state index in [4.69, 9.17) is 16.6 Å². The van der Waals surface area contributed by atoms with Crippen molar-refractivity contribution in [2.45, 2.75) is 56.7 Å². The Morgan fingerprint density at radius 2 is 1.90 bits per heavy atom. The van der Waals surface area contributed by atoms with E-state index in [9.17, 15) is 0 Å². The summed E-state index contributed by atoms with van der Waals surface area (Å²) in [5.74, 6) is 0.842. The Bertz CT molecular complexity index is 510. The summed E-state index contributed by atoms with van der Waals surface area (Å²) in [5.41, 5.74) is 1.12. The van der Waals surface area contributed by atoms with Gasteiger partial charge in [0.15, 0.2) is 0 Å². The first kappa shape index (κ1) is 14.3. The molecule has 0 saturated heterocycles. The maximum atomic E-state index is 6.60. The molecule has 1 aliphatic rings. The first-order valence-corrected chi connectivity index (χ1v) is 9.05. The van der Waals surface area contributed by atoms with Crippen LogP contribution in [0.25, 0.3) is 10.2 Å². The van der Waals surface area contributed by atoms with Crippen LogP contribution in [0.15, 0.2) is 24.3 Å². The summed E-state index contributed by atoms with van der Waals surface area (Å²) in [5, 5.41) is 1.44. The summed E-state index contributed by atoms with van der Waals surface area (Å²) < 4.78 is 1.28. The van der Waals surface area contributed by atoms with Crippen LogP contribution in [0, 0.1) is 5.92 Å². The zero-order valence-corrected chi connectivity index (χ0v) is 13.4. The monoisotopic (exact) mass is 307 g/mol. The van der Waals surface area contributed by atoms with Gasteiger partial charge in [0, 0.05) is 11.8 Å². The average Bonchev–Trinajstić information content (AvgIpc) is 2.66. The Balaban J connectivity index is 1.58. The maximum Gasteiger partial charge on any atom is 0.0953 e. The molecule has 3 rings (SSSR count). The van der Waals surface area contributed by atoms with Crippen LogP contribution in [-0.4, -0.2) is 10.4 Å². The molecule has 1 unspecified atom stereocenters. The van der Waals surface area contributed by atoms with Crippen LogP contribution < -0.4 is 0 Å². The van der Waals surface area contributed by atoms with E-state index in [1.165, 1.54) is 48.2 Å². The van der Waals surface area contributed by atoms with Gasteiger partial charge in [-0.25, -0.2) is 4.98 Å². The van der Waals surface area contributed by atoms with Crippen molar-refractivity contribution in [1.29, 1.82) is 0 Å². The first-order chi connectivity index (χ1) is 9.81. The lowest BCUT2D eigenvalue weighted by Gasteiger charge is -2.17. The molecule has 1 nitrogen and oxygen atoms in total. The second-order valence-corrected chi connectivity index (χ2v) is 7.70. The van der Waals surface area contributed by atoms with Crippen LogP contribution in [0.5, 0.6) is 0 Å². The van der Waals surface area contributed by atoms with Crippen molar-refractivity contribution in [2.24, 2.45) is 5.92 Å². The quantitative estimate of drug-likeness (QED) is 0.513. The molecule has 0 bridgehead atoms. The van der Waals surface area contributed by atoms with Gasteiger partial charge in [0.1, 0.15) is 0 Å². The van der Waals surface area contributed by atoms with Gasteiger partial charge in [-0.3, -0.25) is 0 Å². The average molecular weight is 308 g/mol. The van der Waals surface area contributed by atoms with Gasteiger partial charge in [0.25, 0.3) is 0 Å². The van der Waals surface area contributed by atoms with Gasteiger partial charge in [-0.2, -0.15) is 0 Å². The minimum atomic E-state index is 0.249. The minimum Gasteiger partial charge on any atom is -0.241 e. The molecule has 1 aromatic heterocycles. The number of thiazole rings is 1. The number of fused-ring (bicyclic) bond motifs is 1. The van der Waals surface area contributed by atoms with Gasteiger partial charge >= 0.3 is 0 Å². The zero-order chi connectivity index (χ0) is 13.8. The van der Waals surface area contributed by atoms with Crippen LogP contribution in [-0.2, 0) is 6.42 Å². The number of aromatic nitrogens is 1. The number of rotatable bonds is 4. The minimum absolute atomic E-state index is 0.249. The number of para-hydroxylation sites is 1. The maximum absolute atomic E-state index is 6.60. The van der Waals surface area contributed by atoms with Crippen molar-refractivity contribution in [3.8, 4) is 0 Å². The lowest BCUT2D eigenvalue weighted by Crippen LogP contribution is -2.11. The smallest absolute Gasteiger partial charge is 0.0953 e. The standard InChI is InChI=1S/C17H22ClNS/c18-14(11-13-7-3-1-2-4-8-13)12-17-19-15-9-5-6-10-16(15)20-17/h5-6,9-10,13-14H,1-4,7-8,11-12H2. The van der Waals surface area contributed by atoms with E-state index in [-0.39, 0.29) is 5.38 Å². The summed E-state index contributed by atoms with van der Waals surface area (Å²) >= 11 is 8.39. The molecule has 1 atom stereocenters. The van der Waals surface area contributed by atoms with Crippen LogP contribution in [0.4, 0.5) is 0 Å². The molecule has 0 spiro atoms. The van der Waals surface area contributed by atoms with E-state index in [0.29, 0.717) is 0 Å². The molecule has 0 N–H and O–H groups in total.